The van der Waals surface area contributed by atoms with Crippen LogP contribution in [0.5, 0.6) is 0 Å². The first-order valence-corrected chi connectivity index (χ1v) is 11.2. The molecule has 3 nitrogen and oxygen atoms in total. The Bertz CT molecular complexity index is 855. The van der Waals surface area contributed by atoms with Crippen LogP contribution in [0.1, 0.15) is 35.6 Å². The van der Waals surface area contributed by atoms with Crippen molar-refractivity contribution in [2.75, 3.05) is 0 Å². The molecule has 0 saturated heterocycles. The van der Waals surface area contributed by atoms with Crippen LogP contribution in [0.4, 0.5) is 4.39 Å². The van der Waals surface area contributed by atoms with Gasteiger partial charge in [-0.15, -0.1) is 5.54 Å². The van der Waals surface area contributed by atoms with Crippen molar-refractivity contribution in [2.45, 2.75) is 38.4 Å². The molecule has 3 rings (SSSR count). The highest BCUT2D eigenvalue weighted by atomic mass is 28.3. The number of hydrogen-bond donors (Lipinski definition) is 0. The first-order chi connectivity index (χ1) is 10.9. The van der Waals surface area contributed by atoms with Crippen molar-refractivity contribution >= 4 is 8.07 Å². The molecule has 0 bridgehead atoms. The van der Waals surface area contributed by atoms with E-state index in [2.05, 4.69) is 36.2 Å². The van der Waals surface area contributed by atoms with Gasteiger partial charge in [0.05, 0.1) is 28.6 Å². The van der Waals surface area contributed by atoms with Crippen LogP contribution in [0.25, 0.3) is 5.69 Å². The van der Waals surface area contributed by atoms with Gasteiger partial charge in [-0.3, -0.25) is 0 Å². The lowest BCUT2D eigenvalue weighted by molar-refractivity contribution is 0.624. The topological polar surface area (TPSA) is 41.6 Å². The van der Waals surface area contributed by atoms with Crippen LogP contribution in [0, 0.1) is 28.6 Å². The van der Waals surface area contributed by atoms with Crippen molar-refractivity contribution < 1.29 is 4.39 Å². The monoisotopic (exact) mass is 323 g/mol. The summed E-state index contributed by atoms with van der Waals surface area (Å²) in [4.78, 5) is 0. The highest BCUT2D eigenvalue weighted by Gasteiger charge is 2.29. The van der Waals surface area contributed by atoms with E-state index in [4.69, 9.17) is 5.26 Å². The van der Waals surface area contributed by atoms with E-state index >= 15 is 0 Å². The second kappa shape index (κ2) is 5.68. The summed E-state index contributed by atoms with van der Waals surface area (Å²) in [7, 11) is -1.47. The Balaban J connectivity index is 2.06. The molecule has 0 aliphatic heterocycles. The van der Waals surface area contributed by atoms with E-state index in [9.17, 15) is 4.39 Å². The van der Waals surface area contributed by atoms with Crippen molar-refractivity contribution in [2.24, 2.45) is 0 Å². The van der Waals surface area contributed by atoms with Gasteiger partial charge in [0.1, 0.15) is 13.9 Å². The quantitative estimate of drug-likeness (QED) is 0.619. The molecule has 5 heteroatoms. The van der Waals surface area contributed by atoms with Crippen molar-refractivity contribution in [3.8, 4) is 23.2 Å². The average molecular weight is 323 g/mol. The third-order valence-electron chi connectivity index (χ3n) is 3.56. The third kappa shape index (κ3) is 3.69. The molecular weight excluding hydrogens is 305 g/mol. The van der Waals surface area contributed by atoms with Gasteiger partial charge >= 0.3 is 0 Å². The van der Waals surface area contributed by atoms with Crippen LogP contribution >= 0.6 is 0 Å². The molecule has 1 fully saturated rings. The molecule has 0 radical (unpaired) electrons. The van der Waals surface area contributed by atoms with Crippen molar-refractivity contribution in [3.05, 3.63) is 47.0 Å². The van der Waals surface area contributed by atoms with E-state index in [1.165, 1.54) is 12.1 Å². The predicted octanol–water partition coefficient (Wildman–Crippen LogP) is 3.99. The van der Waals surface area contributed by atoms with E-state index in [1.54, 1.807) is 10.7 Å². The number of halogens is 1. The van der Waals surface area contributed by atoms with E-state index in [0.717, 1.165) is 24.1 Å². The second-order valence-corrected chi connectivity index (χ2v) is 11.7. The Kier molecular flexibility index (Phi) is 3.83. The fourth-order valence-electron chi connectivity index (χ4n) is 2.30. The lowest BCUT2D eigenvalue weighted by Gasteiger charge is -2.03. The largest absolute Gasteiger partial charge is 0.239 e. The second-order valence-electron chi connectivity index (χ2n) is 6.96. The molecule has 1 saturated carbocycles. The fourth-order valence-corrected chi connectivity index (χ4v) is 2.81. The first-order valence-electron chi connectivity index (χ1n) is 7.69. The molecule has 2 aromatic rings. The van der Waals surface area contributed by atoms with Gasteiger partial charge in [-0.05, 0) is 31.0 Å². The third-order valence-corrected chi connectivity index (χ3v) is 4.43. The molecule has 0 atom stereocenters. The summed E-state index contributed by atoms with van der Waals surface area (Å²) in [6.07, 6.45) is 4.12. The molecule has 1 aliphatic carbocycles. The number of hydrogen-bond acceptors (Lipinski definition) is 2. The summed E-state index contributed by atoms with van der Waals surface area (Å²) in [5, 5.41) is 13.6. The molecule has 0 amide bonds. The van der Waals surface area contributed by atoms with Crippen molar-refractivity contribution in [1.82, 2.24) is 9.78 Å². The molecule has 1 heterocycles. The van der Waals surface area contributed by atoms with Crippen LogP contribution in [0.3, 0.4) is 0 Å². The normalized spacial score (nSPS) is 14.0. The lowest BCUT2D eigenvalue weighted by atomic mass is 10.2. The maximum absolute atomic E-state index is 13.7. The minimum Gasteiger partial charge on any atom is -0.239 e. The standard InChI is InChI=1S/C18H18FN3Si/c1-23(2,3)7-6-15-12-22(21-18(15)14-4-5-14)17-9-13(11-20)8-16(19)10-17/h8-10,12,14H,4-5H2,1-3H3. The average Bonchev–Trinajstić information content (AvgIpc) is 3.23. The minimum absolute atomic E-state index is 0.290. The van der Waals surface area contributed by atoms with Gasteiger partial charge in [0.25, 0.3) is 0 Å². The van der Waals surface area contributed by atoms with E-state index in [0.29, 0.717) is 17.2 Å². The molecule has 0 unspecified atom stereocenters. The van der Waals surface area contributed by atoms with Gasteiger partial charge < -0.3 is 0 Å². The fraction of sp³-hybridized carbons (Fsp3) is 0.333. The first kappa shape index (κ1) is 15.5. The molecule has 1 aliphatic rings. The summed E-state index contributed by atoms with van der Waals surface area (Å²) in [6, 6.07) is 6.23. The summed E-state index contributed by atoms with van der Waals surface area (Å²) in [6.45, 7) is 6.60. The Morgan fingerprint density at radius 2 is 2.00 bits per heavy atom. The number of nitrogens with zero attached hydrogens (tertiary/aromatic N) is 3. The molecule has 1 aromatic heterocycles. The lowest BCUT2D eigenvalue weighted by Crippen LogP contribution is -2.16. The maximum Gasteiger partial charge on any atom is 0.129 e. The molecule has 0 spiro atoms. The van der Waals surface area contributed by atoms with Gasteiger partial charge in [0.15, 0.2) is 0 Å². The summed E-state index contributed by atoms with van der Waals surface area (Å²) in [5.74, 6) is 3.31. The SMILES string of the molecule is C[Si](C)(C)C#Cc1cn(-c2cc(F)cc(C#N)c2)nc1C1CC1. The molecule has 1 aromatic carbocycles. The zero-order valence-electron chi connectivity index (χ0n) is 13.5. The van der Waals surface area contributed by atoms with E-state index in [-0.39, 0.29) is 0 Å². The number of benzene rings is 1. The van der Waals surface area contributed by atoms with E-state index in [1.807, 2.05) is 12.3 Å². The van der Waals surface area contributed by atoms with Crippen molar-refractivity contribution in [3.63, 3.8) is 0 Å². The molecule has 116 valence electrons. The maximum atomic E-state index is 13.7. The van der Waals surface area contributed by atoms with Crippen LogP contribution in [0.2, 0.25) is 19.6 Å². The smallest absolute Gasteiger partial charge is 0.129 e. The highest BCUT2D eigenvalue weighted by Crippen LogP contribution is 2.40. The van der Waals surface area contributed by atoms with Crippen molar-refractivity contribution in [1.29, 1.82) is 5.26 Å². The number of aromatic nitrogens is 2. The van der Waals surface area contributed by atoms with Gasteiger partial charge in [0.2, 0.25) is 0 Å². The number of nitriles is 1. The predicted molar refractivity (Wildman–Crippen MR) is 90.4 cm³/mol. The summed E-state index contributed by atoms with van der Waals surface area (Å²) >= 11 is 0. The molecular formula is C18H18FN3Si. The van der Waals surface area contributed by atoms with E-state index < -0.39 is 13.9 Å². The van der Waals surface area contributed by atoms with Crippen LogP contribution in [0.15, 0.2) is 24.4 Å². The minimum atomic E-state index is -1.47. The van der Waals surface area contributed by atoms with Gasteiger partial charge in [-0.25, -0.2) is 9.07 Å². The summed E-state index contributed by atoms with van der Waals surface area (Å²) < 4.78 is 15.3. The summed E-state index contributed by atoms with van der Waals surface area (Å²) in [5.41, 5.74) is 6.15. The Morgan fingerprint density at radius 1 is 1.26 bits per heavy atom. The van der Waals surface area contributed by atoms with Gasteiger partial charge in [0, 0.05) is 12.1 Å². The van der Waals surface area contributed by atoms with Crippen LogP contribution < -0.4 is 0 Å². The Hall–Kier alpha value is -2.37. The molecule has 23 heavy (non-hydrogen) atoms. The van der Waals surface area contributed by atoms with Gasteiger partial charge in [-0.2, -0.15) is 10.4 Å². The van der Waals surface area contributed by atoms with Crippen LogP contribution in [-0.4, -0.2) is 17.9 Å². The number of rotatable bonds is 2. The van der Waals surface area contributed by atoms with Crippen LogP contribution in [-0.2, 0) is 0 Å². The van der Waals surface area contributed by atoms with Gasteiger partial charge in [-0.1, -0.05) is 25.6 Å². The molecule has 0 N–H and O–H groups in total. The highest BCUT2D eigenvalue weighted by molar-refractivity contribution is 6.83. The Morgan fingerprint density at radius 3 is 2.61 bits per heavy atom. The zero-order chi connectivity index (χ0) is 16.6. The Labute approximate surface area is 136 Å². The zero-order valence-corrected chi connectivity index (χ0v) is 14.5.